The summed E-state index contributed by atoms with van der Waals surface area (Å²) in [6.07, 6.45) is 4.64. The molecule has 0 spiro atoms. The monoisotopic (exact) mass is 477 g/mol. The highest BCUT2D eigenvalue weighted by atomic mass is 32.2. The van der Waals surface area contributed by atoms with Crippen LogP contribution in [0.2, 0.25) is 0 Å². The summed E-state index contributed by atoms with van der Waals surface area (Å²) in [6, 6.07) is 14.3. The molecule has 5 rings (SSSR count). The number of rotatable bonds is 8. The van der Waals surface area contributed by atoms with E-state index in [0.29, 0.717) is 35.2 Å². The average molecular weight is 478 g/mol. The molecule has 1 atom stereocenters. The van der Waals surface area contributed by atoms with Crippen molar-refractivity contribution in [2.45, 2.75) is 25.4 Å². The fraction of sp³-hybridized carbons (Fsp3) is 0.261. The Morgan fingerprint density at radius 1 is 1.09 bits per heavy atom. The molecule has 174 valence electrons. The molecule has 10 nitrogen and oxygen atoms in total. The molecule has 1 aliphatic carbocycles. The minimum Gasteiger partial charge on any atom is -0.352 e. The van der Waals surface area contributed by atoms with Crippen LogP contribution in [0.5, 0.6) is 0 Å². The lowest BCUT2D eigenvalue weighted by Crippen LogP contribution is -2.24. The lowest BCUT2D eigenvalue weighted by Gasteiger charge is -2.12. The van der Waals surface area contributed by atoms with Crippen LogP contribution in [-0.2, 0) is 21.4 Å². The fourth-order valence-electron chi connectivity index (χ4n) is 3.68. The van der Waals surface area contributed by atoms with Crippen molar-refractivity contribution in [2.75, 3.05) is 16.3 Å². The third-order valence-corrected chi connectivity index (χ3v) is 6.05. The van der Waals surface area contributed by atoms with Gasteiger partial charge in [-0.1, -0.05) is 30.3 Å². The number of carbonyl (C=O) groups is 1. The Morgan fingerprint density at radius 2 is 1.88 bits per heavy atom. The van der Waals surface area contributed by atoms with Crippen molar-refractivity contribution >= 4 is 38.9 Å². The third kappa shape index (κ3) is 5.20. The number of anilines is 3. The summed E-state index contributed by atoms with van der Waals surface area (Å²) in [5, 5.41) is 14.7. The first kappa shape index (κ1) is 22.0. The van der Waals surface area contributed by atoms with E-state index in [1.54, 1.807) is 30.5 Å². The molecule has 11 heteroatoms. The SMILES string of the molecule is CS(=O)(=O)Nc1cccc(Nc2ncc3c(n2)C(c2cccc(CNC(=O)C4CC4)c2)N=N3)c1. The Bertz CT molecular complexity index is 1390. The first-order valence-electron chi connectivity index (χ1n) is 10.8. The van der Waals surface area contributed by atoms with Crippen molar-refractivity contribution in [1.82, 2.24) is 15.3 Å². The summed E-state index contributed by atoms with van der Waals surface area (Å²) in [5.41, 5.74) is 4.23. The van der Waals surface area contributed by atoms with Gasteiger partial charge in [0.25, 0.3) is 0 Å². The van der Waals surface area contributed by atoms with Crippen molar-refractivity contribution in [2.24, 2.45) is 16.1 Å². The Labute approximate surface area is 197 Å². The van der Waals surface area contributed by atoms with E-state index in [0.717, 1.165) is 30.2 Å². The Morgan fingerprint density at radius 3 is 2.68 bits per heavy atom. The second-order valence-electron chi connectivity index (χ2n) is 8.40. The first-order valence-corrected chi connectivity index (χ1v) is 12.7. The molecule has 3 aromatic rings. The topological polar surface area (TPSA) is 138 Å². The van der Waals surface area contributed by atoms with Gasteiger partial charge in [-0.2, -0.15) is 10.2 Å². The maximum atomic E-state index is 12.0. The second kappa shape index (κ2) is 8.82. The number of hydrogen-bond acceptors (Lipinski definition) is 8. The molecule has 0 radical (unpaired) electrons. The number of azo groups is 1. The van der Waals surface area contributed by atoms with Crippen molar-refractivity contribution in [1.29, 1.82) is 0 Å². The Balaban J connectivity index is 1.33. The number of fused-ring (bicyclic) bond motifs is 1. The highest BCUT2D eigenvalue weighted by molar-refractivity contribution is 7.92. The number of aromatic nitrogens is 2. The van der Waals surface area contributed by atoms with E-state index in [2.05, 4.69) is 35.6 Å². The van der Waals surface area contributed by atoms with Crippen LogP contribution in [0.15, 0.2) is 65.0 Å². The van der Waals surface area contributed by atoms with Crippen molar-refractivity contribution in [3.63, 3.8) is 0 Å². The van der Waals surface area contributed by atoms with Gasteiger partial charge in [-0.15, -0.1) is 0 Å². The molecule has 34 heavy (non-hydrogen) atoms. The van der Waals surface area contributed by atoms with Crippen LogP contribution in [0.25, 0.3) is 0 Å². The highest BCUT2D eigenvalue weighted by Crippen LogP contribution is 2.39. The predicted molar refractivity (Wildman–Crippen MR) is 128 cm³/mol. The van der Waals surface area contributed by atoms with Crippen molar-refractivity contribution in [3.05, 3.63) is 71.5 Å². The number of nitrogens with zero attached hydrogens (tertiary/aromatic N) is 4. The average Bonchev–Trinajstić information content (AvgIpc) is 3.56. The van der Waals surface area contributed by atoms with E-state index in [4.69, 9.17) is 0 Å². The van der Waals surface area contributed by atoms with E-state index in [-0.39, 0.29) is 17.9 Å². The number of sulfonamides is 1. The molecule has 2 aliphatic rings. The number of nitrogens with one attached hydrogen (secondary N) is 3. The minimum absolute atomic E-state index is 0.107. The number of hydrogen-bond donors (Lipinski definition) is 3. The van der Waals surface area contributed by atoms with E-state index >= 15 is 0 Å². The third-order valence-electron chi connectivity index (χ3n) is 5.44. The zero-order chi connectivity index (χ0) is 23.7. The molecule has 1 fully saturated rings. The van der Waals surface area contributed by atoms with Gasteiger partial charge in [0.05, 0.1) is 18.1 Å². The molecule has 3 N–H and O–H groups in total. The van der Waals surface area contributed by atoms with Gasteiger partial charge in [0.1, 0.15) is 17.4 Å². The number of amides is 1. The maximum Gasteiger partial charge on any atom is 0.229 e. The van der Waals surface area contributed by atoms with Gasteiger partial charge in [-0.25, -0.2) is 18.4 Å². The molecule has 1 aliphatic heterocycles. The van der Waals surface area contributed by atoms with Gasteiger partial charge < -0.3 is 10.6 Å². The molecule has 2 aromatic carbocycles. The zero-order valence-electron chi connectivity index (χ0n) is 18.4. The molecule has 1 aromatic heterocycles. The number of benzene rings is 2. The van der Waals surface area contributed by atoms with Crippen LogP contribution in [-0.4, -0.2) is 30.5 Å². The summed E-state index contributed by atoms with van der Waals surface area (Å²) in [4.78, 5) is 20.9. The first-order chi connectivity index (χ1) is 16.3. The normalized spacial score (nSPS) is 16.7. The van der Waals surface area contributed by atoms with Gasteiger partial charge in [-0.05, 0) is 42.2 Å². The van der Waals surface area contributed by atoms with E-state index in [9.17, 15) is 13.2 Å². The quantitative estimate of drug-likeness (QED) is 0.451. The summed E-state index contributed by atoms with van der Waals surface area (Å²) in [5.74, 6) is 0.625. The number of carbonyl (C=O) groups excluding carboxylic acids is 1. The zero-order valence-corrected chi connectivity index (χ0v) is 19.2. The van der Waals surface area contributed by atoms with Crippen molar-refractivity contribution in [3.8, 4) is 0 Å². The molecule has 0 saturated heterocycles. The summed E-state index contributed by atoms with van der Waals surface area (Å²) >= 11 is 0. The summed E-state index contributed by atoms with van der Waals surface area (Å²) in [7, 11) is -3.38. The Hall–Kier alpha value is -3.86. The van der Waals surface area contributed by atoms with Gasteiger partial charge in [0.15, 0.2) is 0 Å². The molecule has 0 bridgehead atoms. The van der Waals surface area contributed by atoms with E-state index in [1.807, 2.05) is 24.3 Å². The fourth-order valence-corrected chi connectivity index (χ4v) is 4.24. The molecular formula is C23H23N7O3S. The van der Waals surface area contributed by atoms with Crippen LogP contribution in [0.3, 0.4) is 0 Å². The molecule has 1 saturated carbocycles. The molecule has 1 amide bonds. The van der Waals surface area contributed by atoms with Crippen LogP contribution in [0.1, 0.15) is 35.7 Å². The summed E-state index contributed by atoms with van der Waals surface area (Å²) < 4.78 is 25.4. The standard InChI is InChI=1S/C23H23N7O3S/c1-34(32,33)30-18-7-3-6-17(11-18)26-23-25-13-19-21(27-23)20(29-28-19)16-5-2-4-14(10-16)12-24-22(31)15-8-9-15/h2-7,10-11,13,15,20,30H,8-9,12H2,1H3,(H,24,31)(H,25,26,27). The predicted octanol–water partition coefficient (Wildman–Crippen LogP) is 3.80. The lowest BCUT2D eigenvalue weighted by atomic mass is 10.0. The minimum atomic E-state index is -3.38. The Kier molecular flexibility index (Phi) is 5.70. The molecule has 2 heterocycles. The van der Waals surface area contributed by atoms with Gasteiger partial charge in [0, 0.05) is 18.2 Å². The van der Waals surface area contributed by atoms with Gasteiger partial charge in [-0.3, -0.25) is 9.52 Å². The molecular weight excluding hydrogens is 454 g/mol. The largest absolute Gasteiger partial charge is 0.352 e. The maximum absolute atomic E-state index is 12.0. The van der Waals surface area contributed by atoms with E-state index in [1.165, 1.54) is 0 Å². The second-order valence-corrected chi connectivity index (χ2v) is 10.1. The van der Waals surface area contributed by atoms with Crippen LogP contribution >= 0.6 is 0 Å². The van der Waals surface area contributed by atoms with Crippen LogP contribution in [0.4, 0.5) is 23.0 Å². The molecule has 1 unspecified atom stereocenters. The highest BCUT2D eigenvalue weighted by Gasteiger charge is 2.29. The smallest absolute Gasteiger partial charge is 0.229 e. The lowest BCUT2D eigenvalue weighted by molar-refractivity contribution is -0.122. The van der Waals surface area contributed by atoms with Crippen LogP contribution < -0.4 is 15.4 Å². The van der Waals surface area contributed by atoms with Gasteiger partial charge in [0.2, 0.25) is 21.9 Å². The van der Waals surface area contributed by atoms with Crippen molar-refractivity contribution < 1.29 is 13.2 Å². The van der Waals surface area contributed by atoms with Gasteiger partial charge >= 0.3 is 0 Å². The van der Waals surface area contributed by atoms with Crippen LogP contribution in [0, 0.1) is 5.92 Å². The summed E-state index contributed by atoms with van der Waals surface area (Å²) in [6.45, 7) is 0.467. The van der Waals surface area contributed by atoms with E-state index < -0.39 is 10.0 Å².